The van der Waals surface area contributed by atoms with Gasteiger partial charge >= 0.3 is 0 Å². The van der Waals surface area contributed by atoms with Crippen LogP contribution in [0.5, 0.6) is 5.75 Å². The molecule has 0 N–H and O–H groups in total. The smallest absolute Gasteiger partial charge is 0.189 e. The van der Waals surface area contributed by atoms with Gasteiger partial charge in [-0.3, -0.25) is 0 Å². The number of ether oxygens (including phenoxy) is 1. The zero-order valence-corrected chi connectivity index (χ0v) is 13.0. The fourth-order valence-electron chi connectivity index (χ4n) is 2.25. The fourth-order valence-corrected chi connectivity index (χ4v) is 2.25. The summed E-state index contributed by atoms with van der Waals surface area (Å²) < 4.78 is 7.42. The Hall–Kier alpha value is -3.13. The van der Waals surface area contributed by atoms with Crippen molar-refractivity contribution in [2.75, 3.05) is 0 Å². The zero-order chi connectivity index (χ0) is 16.2. The molecule has 0 saturated heterocycles. The molecule has 0 atom stereocenters. The number of nitriles is 1. The van der Waals surface area contributed by atoms with Crippen molar-refractivity contribution in [1.82, 2.24) is 15.0 Å². The van der Waals surface area contributed by atoms with E-state index in [1.54, 1.807) is 4.68 Å². The number of rotatable bonds is 4. The molecule has 0 saturated carbocycles. The number of hydrogen-bond acceptors (Lipinski definition) is 4. The molecule has 1 aromatic heterocycles. The molecular weight excluding hydrogens is 288 g/mol. The van der Waals surface area contributed by atoms with Gasteiger partial charge in [-0.1, -0.05) is 29.5 Å². The van der Waals surface area contributed by atoms with E-state index in [-0.39, 0.29) is 12.3 Å². The summed E-state index contributed by atoms with van der Waals surface area (Å²) in [6, 6.07) is 17.6. The summed E-state index contributed by atoms with van der Waals surface area (Å²) in [6.45, 7) is 4.33. The molecule has 3 aromatic rings. The van der Waals surface area contributed by atoms with E-state index in [1.807, 2.05) is 55.5 Å². The number of aromatic nitrogens is 3. The van der Waals surface area contributed by atoms with Crippen LogP contribution >= 0.6 is 0 Å². The molecule has 0 aliphatic heterocycles. The normalized spacial score (nSPS) is 10.3. The topological polar surface area (TPSA) is 63.7 Å². The van der Waals surface area contributed by atoms with Crippen LogP contribution < -0.4 is 4.74 Å². The molecule has 0 amide bonds. The van der Waals surface area contributed by atoms with Crippen molar-refractivity contribution >= 4 is 0 Å². The van der Waals surface area contributed by atoms with Gasteiger partial charge in [0.15, 0.2) is 5.69 Å². The molecule has 114 valence electrons. The third-order valence-electron chi connectivity index (χ3n) is 3.72. The first kappa shape index (κ1) is 14.8. The first-order chi connectivity index (χ1) is 11.2. The predicted molar refractivity (Wildman–Crippen MR) is 86.3 cm³/mol. The molecule has 2 aromatic carbocycles. The first-order valence-electron chi connectivity index (χ1n) is 7.29. The van der Waals surface area contributed by atoms with Gasteiger partial charge in [-0.05, 0) is 49.2 Å². The van der Waals surface area contributed by atoms with Crippen molar-refractivity contribution in [3.63, 3.8) is 0 Å². The SMILES string of the molecule is Cc1ccc(-n2nnc(C#N)c2COc2ccccc2)cc1C. The van der Waals surface area contributed by atoms with Crippen LogP contribution in [0.15, 0.2) is 48.5 Å². The highest BCUT2D eigenvalue weighted by molar-refractivity contribution is 5.41. The first-order valence-corrected chi connectivity index (χ1v) is 7.29. The number of nitrogens with zero attached hydrogens (tertiary/aromatic N) is 4. The molecule has 0 radical (unpaired) electrons. The summed E-state index contributed by atoms with van der Waals surface area (Å²) >= 11 is 0. The van der Waals surface area contributed by atoms with Crippen LogP contribution in [0, 0.1) is 25.2 Å². The van der Waals surface area contributed by atoms with Gasteiger partial charge < -0.3 is 4.74 Å². The zero-order valence-electron chi connectivity index (χ0n) is 13.0. The van der Waals surface area contributed by atoms with Crippen LogP contribution in [-0.4, -0.2) is 15.0 Å². The third-order valence-corrected chi connectivity index (χ3v) is 3.72. The largest absolute Gasteiger partial charge is 0.487 e. The Morgan fingerprint density at radius 3 is 2.57 bits per heavy atom. The van der Waals surface area contributed by atoms with Crippen LogP contribution in [0.4, 0.5) is 0 Å². The van der Waals surface area contributed by atoms with Gasteiger partial charge in [-0.2, -0.15) is 5.26 Å². The average molecular weight is 304 g/mol. The van der Waals surface area contributed by atoms with Crippen molar-refractivity contribution in [2.24, 2.45) is 0 Å². The minimum atomic E-state index is 0.229. The number of aryl methyl sites for hydroxylation is 2. The number of para-hydroxylation sites is 1. The second-order valence-electron chi connectivity index (χ2n) is 5.28. The van der Waals surface area contributed by atoms with Crippen molar-refractivity contribution < 1.29 is 4.74 Å². The van der Waals surface area contributed by atoms with Crippen molar-refractivity contribution in [2.45, 2.75) is 20.5 Å². The van der Waals surface area contributed by atoms with Gasteiger partial charge in [0.2, 0.25) is 0 Å². The fraction of sp³-hybridized carbons (Fsp3) is 0.167. The molecule has 3 rings (SSSR count). The Morgan fingerprint density at radius 2 is 1.87 bits per heavy atom. The molecule has 5 nitrogen and oxygen atoms in total. The van der Waals surface area contributed by atoms with E-state index >= 15 is 0 Å². The van der Waals surface area contributed by atoms with E-state index < -0.39 is 0 Å². The Bertz CT molecular complexity index is 862. The van der Waals surface area contributed by atoms with Gasteiger partial charge in [0.25, 0.3) is 0 Å². The highest BCUT2D eigenvalue weighted by Crippen LogP contribution is 2.18. The predicted octanol–water partition coefficient (Wildman–Crippen LogP) is 3.33. The lowest BCUT2D eigenvalue weighted by atomic mass is 10.1. The third kappa shape index (κ3) is 3.06. The average Bonchev–Trinajstić information content (AvgIpc) is 2.99. The summed E-state index contributed by atoms with van der Waals surface area (Å²) in [5, 5.41) is 17.3. The second-order valence-corrected chi connectivity index (χ2v) is 5.28. The van der Waals surface area contributed by atoms with Gasteiger partial charge in [0.05, 0.1) is 5.69 Å². The van der Waals surface area contributed by atoms with E-state index in [1.165, 1.54) is 5.56 Å². The van der Waals surface area contributed by atoms with E-state index in [0.29, 0.717) is 5.69 Å². The quantitative estimate of drug-likeness (QED) is 0.741. The number of benzene rings is 2. The van der Waals surface area contributed by atoms with Gasteiger partial charge in [0, 0.05) is 0 Å². The summed E-state index contributed by atoms with van der Waals surface area (Å²) in [4.78, 5) is 0. The molecular formula is C18H16N4O. The van der Waals surface area contributed by atoms with E-state index in [0.717, 1.165) is 17.0 Å². The molecule has 1 heterocycles. The van der Waals surface area contributed by atoms with E-state index in [9.17, 15) is 5.26 Å². The monoisotopic (exact) mass is 304 g/mol. The maximum absolute atomic E-state index is 9.25. The van der Waals surface area contributed by atoms with Crippen LogP contribution in [0.1, 0.15) is 22.5 Å². The highest BCUT2D eigenvalue weighted by Gasteiger charge is 2.15. The molecule has 5 heteroatoms. The lowest BCUT2D eigenvalue weighted by molar-refractivity contribution is 0.297. The molecule has 0 spiro atoms. The Balaban J connectivity index is 1.94. The van der Waals surface area contributed by atoms with Crippen LogP contribution in [0.25, 0.3) is 5.69 Å². The summed E-state index contributed by atoms with van der Waals surface area (Å²) in [5.41, 5.74) is 4.15. The maximum atomic E-state index is 9.25. The summed E-state index contributed by atoms with van der Waals surface area (Å²) in [5.74, 6) is 0.740. The van der Waals surface area contributed by atoms with Crippen LogP contribution in [0.3, 0.4) is 0 Å². The number of hydrogen-bond donors (Lipinski definition) is 0. The summed E-state index contributed by atoms with van der Waals surface area (Å²) in [6.07, 6.45) is 0. The molecule has 0 bridgehead atoms. The second kappa shape index (κ2) is 6.32. The molecule has 0 unspecified atom stereocenters. The van der Waals surface area contributed by atoms with Crippen molar-refractivity contribution in [3.05, 3.63) is 71.0 Å². The Kier molecular flexibility index (Phi) is 4.07. The molecule has 23 heavy (non-hydrogen) atoms. The van der Waals surface area contributed by atoms with Crippen LogP contribution in [-0.2, 0) is 6.61 Å². The highest BCUT2D eigenvalue weighted by atomic mass is 16.5. The van der Waals surface area contributed by atoms with Crippen LogP contribution in [0.2, 0.25) is 0 Å². The van der Waals surface area contributed by atoms with Gasteiger partial charge in [0.1, 0.15) is 24.1 Å². The lowest BCUT2D eigenvalue weighted by Gasteiger charge is -2.10. The summed E-state index contributed by atoms with van der Waals surface area (Å²) in [7, 11) is 0. The Labute approximate surface area is 134 Å². The van der Waals surface area contributed by atoms with E-state index in [4.69, 9.17) is 4.74 Å². The van der Waals surface area contributed by atoms with Gasteiger partial charge in [-0.25, -0.2) is 4.68 Å². The Morgan fingerprint density at radius 1 is 1.09 bits per heavy atom. The van der Waals surface area contributed by atoms with Gasteiger partial charge in [-0.15, -0.1) is 5.10 Å². The molecule has 0 aliphatic rings. The van der Waals surface area contributed by atoms with E-state index in [2.05, 4.69) is 23.3 Å². The standard InChI is InChI=1S/C18H16N4O/c1-13-8-9-15(10-14(13)2)22-18(17(11-19)20-21-22)12-23-16-6-4-3-5-7-16/h3-10H,12H2,1-2H3. The maximum Gasteiger partial charge on any atom is 0.189 e. The minimum absolute atomic E-state index is 0.229. The van der Waals surface area contributed by atoms with Crippen molar-refractivity contribution in [1.29, 1.82) is 5.26 Å². The molecule has 0 fully saturated rings. The minimum Gasteiger partial charge on any atom is -0.487 e. The molecule has 0 aliphatic carbocycles. The van der Waals surface area contributed by atoms with Crippen molar-refractivity contribution in [3.8, 4) is 17.5 Å². The lowest BCUT2D eigenvalue weighted by Crippen LogP contribution is -2.07.